The van der Waals surface area contributed by atoms with Gasteiger partial charge < -0.3 is 9.80 Å². The summed E-state index contributed by atoms with van der Waals surface area (Å²) >= 11 is 0. The van der Waals surface area contributed by atoms with Crippen molar-refractivity contribution < 1.29 is 19.2 Å². The van der Waals surface area contributed by atoms with Crippen molar-refractivity contribution >= 4 is 29.4 Å². The van der Waals surface area contributed by atoms with Crippen LogP contribution in [0.25, 0.3) is 0 Å². The number of amides is 5. The minimum Gasteiger partial charge on any atom is -0.378 e. The first-order valence-corrected chi connectivity index (χ1v) is 8.93. The van der Waals surface area contributed by atoms with Gasteiger partial charge in [-0.25, -0.2) is 9.69 Å². The molecule has 0 radical (unpaired) electrons. The highest BCUT2D eigenvalue weighted by atomic mass is 16.2. The third-order valence-corrected chi connectivity index (χ3v) is 4.46. The van der Waals surface area contributed by atoms with Crippen LogP contribution in [-0.2, 0) is 20.9 Å². The summed E-state index contributed by atoms with van der Waals surface area (Å²) in [5, 5.41) is 0. The fourth-order valence-corrected chi connectivity index (χ4v) is 2.72. The van der Waals surface area contributed by atoms with Crippen LogP contribution in [0.1, 0.15) is 25.3 Å². The third-order valence-electron chi connectivity index (χ3n) is 4.46. The molecule has 1 saturated heterocycles. The molecule has 1 aliphatic heterocycles. The molecule has 0 N–H and O–H groups in total. The molecule has 0 aliphatic carbocycles. The average Bonchev–Trinajstić information content (AvgIpc) is 2.83. The van der Waals surface area contributed by atoms with Gasteiger partial charge in [-0.2, -0.15) is 0 Å². The quantitative estimate of drug-likeness (QED) is 0.506. The number of imide groups is 2. The summed E-state index contributed by atoms with van der Waals surface area (Å²) in [5.41, 5.74) is 1.97. The van der Waals surface area contributed by atoms with E-state index in [9.17, 15) is 19.2 Å². The molecule has 0 spiro atoms. The molecule has 1 aliphatic rings. The number of anilines is 1. The molecular weight excluding hydrogens is 348 g/mol. The van der Waals surface area contributed by atoms with E-state index < -0.39 is 30.3 Å². The zero-order valence-corrected chi connectivity index (χ0v) is 16.3. The summed E-state index contributed by atoms with van der Waals surface area (Å²) in [7, 11) is 5.49. The highest BCUT2D eigenvalue weighted by Gasteiger charge is 2.44. The van der Waals surface area contributed by atoms with Gasteiger partial charge in [-0.3, -0.25) is 19.3 Å². The number of hydrogen-bond donors (Lipinski definition) is 0. The summed E-state index contributed by atoms with van der Waals surface area (Å²) in [6.07, 6.45) is 1.41. The molecule has 0 saturated carbocycles. The monoisotopic (exact) mass is 374 g/mol. The lowest BCUT2D eigenvalue weighted by Gasteiger charge is -2.21. The van der Waals surface area contributed by atoms with Gasteiger partial charge in [0.2, 0.25) is 5.91 Å². The molecule has 1 aromatic rings. The number of unbranched alkanes of at least 4 members (excludes halogenated alkanes) is 1. The Hall–Kier alpha value is -2.90. The number of urea groups is 1. The molecule has 0 unspecified atom stereocenters. The van der Waals surface area contributed by atoms with Crippen LogP contribution >= 0.6 is 0 Å². The van der Waals surface area contributed by atoms with E-state index in [0.717, 1.165) is 27.5 Å². The summed E-state index contributed by atoms with van der Waals surface area (Å²) in [4.78, 5) is 53.8. The Morgan fingerprint density at radius 2 is 1.56 bits per heavy atom. The zero-order valence-electron chi connectivity index (χ0n) is 16.3. The van der Waals surface area contributed by atoms with Gasteiger partial charge in [-0.1, -0.05) is 25.5 Å². The van der Waals surface area contributed by atoms with Crippen molar-refractivity contribution in [1.82, 2.24) is 14.7 Å². The van der Waals surface area contributed by atoms with Crippen molar-refractivity contribution in [2.24, 2.45) is 0 Å². The van der Waals surface area contributed by atoms with Crippen molar-refractivity contribution in [2.45, 2.75) is 26.3 Å². The Morgan fingerprint density at radius 3 is 2.11 bits per heavy atom. The van der Waals surface area contributed by atoms with Gasteiger partial charge in [0.25, 0.3) is 0 Å². The molecule has 0 aromatic heterocycles. The van der Waals surface area contributed by atoms with Crippen LogP contribution in [0, 0.1) is 0 Å². The lowest BCUT2D eigenvalue weighted by atomic mass is 10.2. The van der Waals surface area contributed by atoms with Crippen LogP contribution in [0.4, 0.5) is 10.5 Å². The Labute approximate surface area is 159 Å². The van der Waals surface area contributed by atoms with Gasteiger partial charge in [0, 0.05) is 39.9 Å². The summed E-state index contributed by atoms with van der Waals surface area (Å²) in [6, 6.07) is 7.02. The molecular formula is C19H26N4O4. The molecule has 27 heavy (non-hydrogen) atoms. The van der Waals surface area contributed by atoms with Crippen molar-refractivity contribution in [1.29, 1.82) is 0 Å². The second-order valence-corrected chi connectivity index (χ2v) is 6.79. The minimum absolute atomic E-state index is 0.193. The molecule has 5 amide bonds. The lowest BCUT2D eigenvalue weighted by molar-refractivity contribution is -0.144. The number of carbonyl (C=O) groups excluding carboxylic acids is 4. The fraction of sp³-hybridized carbons (Fsp3) is 0.474. The van der Waals surface area contributed by atoms with Crippen molar-refractivity contribution in [2.75, 3.05) is 39.1 Å². The van der Waals surface area contributed by atoms with E-state index in [4.69, 9.17) is 0 Å². The van der Waals surface area contributed by atoms with Gasteiger partial charge >= 0.3 is 17.8 Å². The second kappa shape index (κ2) is 8.66. The van der Waals surface area contributed by atoms with Crippen LogP contribution < -0.4 is 4.90 Å². The third kappa shape index (κ3) is 4.64. The maximum atomic E-state index is 12.4. The van der Waals surface area contributed by atoms with Crippen LogP contribution in [0.5, 0.6) is 0 Å². The summed E-state index contributed by atoms with van der Waals surface area (Å²) < 4.78 is 0. The standard InChI is InChI=1S/C19H26N4O4/c1-5-6-11-22-17(25)18(26)23(19(22)27)13-16(24)21(4)12-14-7-9-15(10-8-14)20(2)3/h7-10H,5-6,11-13H2,1-4H3. The van der Waals surface area contributed by atoms with E-state index in [1.165, 1.54) is 4.90 Å². The highest BCUT2D eigenvalue weighted by molar-refractivity contribution is 6.45. The van der Waals surface area contributed by atoms with Gasteiger partial charge in [0.05, 0.1) is 0 Å². The molecule has 1 aromatic carbocycles. The van der Waals surface area contributed by atoms with Crippen LogP contribution in [-0.4, -0.2) is 72.7 Å². The van der Waals surface area contributed by atoms with Crippen molar-refractivity contribution in [3.05, 3.63) is 29.8 Å². The number of hydrogen-bond acceptors (Lipinski definition) is 5. The van der Waals surface area contributed by atoms with Crippen LogP contribution in [0.15, 0.2) is 24.3 Å². The van der Waals surface area contributed by atoms with Crippen LogP contribution in [0.3, 0.4) is 0 Å². The predicted octanol–water partition coefficient (Wildman–Crippen LogP) is 1.30. The number of rotatable bonds is 8. The van der Waals surface area contributed by atoms with Gasteiger partial charge in [0.15, 0.2) is 0 Å². The Balaban J connectivity index is 1.98. The molecule has 1 heterocycles. The molecule has 0 atom stereocenters. The Morgan fingerprint density at radius 1 is 0.963 bits per heavy atom. The smallest absolute Gasteiger partial charge is 0.334 e. The maximum absolute atomic E-state index is 12.4. The summed E-state index contributed by atoms with van der Waals surface area (Å²) in [5.74, 6) is -2.20. The molecule has 146 valence electrons. The number of nitrogens with zero attached hydrogens (tertiary/aromatic N) is 4. The van der Waals surface area contributed by atoms with E-state index in [1.54, 1.807) is 7.05 Å². The second-order valence-electron chi connectivity index (χ2n) is 6.79. The molecule has 2 rings (SSSR count). The predicted molar refractivity (Wildman–Crippen MR) is 101 cm³/mol. The van der Waals surface area contributed by atoms with Crippen LogP contribution in [0.2, 0.25) is 0 Å². The van der Waals surface area contributed by atoms with E-state index >= 15 is 0 Å². The normalized spacial score (nSPS) is 14.1. The van der Waals surface area contributed by atoms with Crippen molar-refractivity contribution in [3.8, 4) is 0 Å². The van der Waals surface area contributed by atoms with Crippen molar-refractivity contribution in [3.63, 3.8) is 0 Å². The lowest BCUT2D eigenvalue weighted by Crippen LogP contribution is -2.42. The Bertz CT molecular complexity index is 730. The molecule has 8 nitrogen and oxygen atoms in total. The van der Waals surface area contributed by atoms with Gasteiger partial charge in [-0.15, -0.1) is 0 Å². The minimum atomic E-state index is -0.937. The number of likely N-dealkylation sites (N-methyl/N-ethyl adjacent to an activating group) is 1. The highest BCUT2D eigenvalue weighted by Crippen LogP contribution is 2.15. The first kappa shape index (κ1) is 20.4. The Kier molecular flexibility index (Phi) is 6.55. The molecule has 0 bridgehead atoms. The van der Waals surface area contributed by atoms with E-state index in [1.807, 2.05) is 50.2 Å². The topological polar surface area (TPSA) is 81.2 Å². The van der Waals surface area contributed by atoms with Gasteiger partial charge in [0.1, 0.15) is 6.54 Å². The molecule has 1 fully saturated rings. The van der Waals surface area contributed by atoms with E-state index in [0.29, 0.717) is 13.0 Å². The number of benzene rings is 1. The largest absolute Gasteiger partial charge is 0.378 e. The SMILES string of the molecule is CCCCN1C(=O)C(=O)N(CC(=O)N(C)Cc2ccc(N(C)C)cc2)C1=O. The first-order chi connectivity index (χ1) is 12.8. The van der Waals surface area contributed by atoms with E-state index in [-0.39, 0.29) is 6.54 Å². The maximum Gasteiger partial charge on any atom is 0.334 e. The first-order valence-electron chi connectivity index (χ1n) is 8.93. The average molecular weight is 374 g/mol. The zero-order chi connectivity index (χ0) is 20.1. The number of carbonyl (C=O) groups is 4. The fourth-order valence-electron chi connectivity index (χ4n) is 2.72. The summed E-state index contributed by atoms with van der Waals surface area (Å²) in [6.45, 7) is 2.03. The van der Waals surface area contributed by atoms with E-state index in [2.05, 4.69) is 0 Å². The molecule has 8 heteroatoms. The van der Waals surface area contributed by atoms with Gasteiger partial charge in [-0.05, 0) is 24.1 Å².